The van der Waals surface area contributed by atoms with Crippen LogP contribution >= 0.6 is 0 Å². The molecule has 0 saturated heterocycles. The molecule has 0 saturated carbocycles. The summed E-state index contributed by atoms with van der Waals surface area (Å²) < 4.78 is 7.44. The summed E-state index contributed by atoms with van der Waals surface area (Å²) in [6, 6.07) is 3.64. The van der Waals surface area contributed by atoms with Gasteiger partial charge in [-0.3, -0.25) is 4.79 Å². The molecule has 2 aromatic rings. The van der Waals surface area contributed by atoms with Crippen LogP contribution in [0.1, 0.15) is 56.7 Å². The van der Waals surface area contributed by atoms with E-state index in [-0.39, 0.29) is 24.4 Å². The van der Waals surface area contributed by atoms with E-state index in [1.165, 1.54) is 0 Å². The smallest absolute Gasteiger partial charge is 0.417 e. The Balaban J connectivity index is 2.03. The van der Waals surface area contributed by atoms with Gasteiger partial charge in [0.05, 0.1) is 17.0 Å². The van der Waals surface area contributed by atoms with E-state index in [9.17, 15) is 9.59 Å². The summed E-state index contributed by atoms with van der Waals surface area (Å²) in [7, 11) is 0. The first-order valence-electron chi connectivity index (χ1n) is 8.96. The van der Waals surface area contributed by atoms with Crippen molar-refractivity contribution in [1.29, 1.82) is 0 Å². The summed E-state index contributed by atoms with van der Waals surface area (Å²) >= 11 is 0. The van der Waals surface area contributed by atoms with Gasteiger partial charge in [0, 0.05) is 30.9 Å². The van der Waals surface area contributed by atoms with Crippen LogP contribution < -0.4 is 5.73 Å². The number of carbonyl (C=O) groups is 2. The third-order valence-electron chi connectivity index (χ3n) is 4.26. The topological polar surface area (TPSA) is 103 Å². The Morgan fingerprint density at radius 3 is 2.63 bits per heavy atom. The lowest BCUT2D eigenvalue weighted by molar-refractivity contribution is 0.0232. The maximum atomic E-state index is 13.0. The fourth-order valence-electron chi connectivity index (χ4n) is 3.26. The molecule has 8 heteroatoms. The highest BCUT2D eigenvalue weighted by Crippen LogP contribution is 2.32. The molecule has 0 radical (unpaired) electrons. The van der Waals surface area contributed by atoms with Crippen LogP contribution in [0.3, 0.4) is 0 Å². The molecule has 2 amide bonds. The Hall–Kier alpha value is -2.90. The van der Waals surface area contributed by atoms with E-state index in [1.807, 2.05) is 13.8 Å². The lowest BCUT2D eigenvalue weighted by Gasteiger charge is -2.29. The van der Waals surface area contributed by atoms with Gasteiger partial charge in [-0.15, -0.1) is 0 Å². The number of nitrogens with two attached hydrogens (primary N) is 1. The Kier molecular flexibility index (Phi) is 4.67. The third kappa shape index (κ3) is 3.65. The lowest BCUT2D eigenvalue weighted by atomic mass is 10.1. The molecule has 3 rings (SSSR count). The van der Waals surface area contributed by atoms with Gasteiger partial charge in [0.2, 0.25) is 5.95 Å². The molecule has 27 heavy (non-hydrogen) atoms. The van der Waals surface area contributed by atoms with Gasteiger partial charge in [-0.25, -0.2) is 19.7 Å². The molecule has 0 spiro atoms. The maximum Gasteiger partial charge on any atom is 0.417 e. The van der Waals surface area contributed by atoms with Gasteiger partial charge >= 0.3 is 6.09 Å². The Morgan fingerprint density at radius 1 is 1.33 bits per heavy atom. The number of nitrogens with zero attached hydrogens (tertiary/aromatic N) is 4. The van der Waals surface area contributed by atoms with Crippen molar-refractivity contribution in [1.82, 2.24) is 19.4 Å². The molecule has 0 fully saturated rings. The number of rotatable bonds is 2. The number of amides is 2. The van der Waals surface area contributed by atoms with Gasteiger partial charge in [0.1, 0.15) is 5.60 Å². The van der Waals surface area contributed by atoms with E-state index < -0.39 is 11.7 Å². The summed E-state index contributed by atoms with van der Waals surface area (Å²) in [6.45, 7) is 9.69. The van der Waals surface area contributed by atoms with Crippen molar-refractivity contribution >= 4 is 17.9 Å². The highest BCUT2D eigenvalue weighted by molar-refractivity contribution is 6.05. The number of imide groups is 1. The van der Waals surface area contributed by atoms with Gasteiger partial charge in [-0.2, -0.15) is 0 Å². The molecule has 2 N–H and O–H groups in total. The predicted octanol–water partition coefficient (Wildman–Crippen LogP) is 3.04. The second-order valence-electron chi connectivity index (χ2n) is 7.84. The minimum Gasteiger partial charge on any atom is -0.443 e. The van der Waals surface area contributed by atoms with Gasteiger partial charge in [0.25, 0.3) is 5.91 Å². The monoisotopic (exact) mass is 371 g/mol. The fourth-order valence-corrected chi connectivity index (χ4v) is 3.26. The van der Waals surface area contributed by atoms with Crippen LogP contribution in [0.5, 0.6) is 0 Å². The molecule has 0 bridgehead atoms. The van der Waals surface area contributed by atoms with Crippen LogP contribution in [-0.4, -0.2) is 43.6 Å². The summed E-state index contributed by atoms with van der Waals surface area (Å²) in [5.41, 5.74) is 7.87. The van der Waals surface area contributed by atoms with Crippen molar-refractivity contribution in [3.05, 3.63) is 29.6 Å². The first-order chi connectivity index (χ1) is 12.6. The molecule has 1 aliphatic heterocycles. The second kappa shape index (κ2) is 6.68. The maximum absolute atomic E-state index is 13.0. The van der Waals surface area contributed by atoms with Crippen molar-refractivity contribution in [2.45, 2.75) is 52.7 Å². The summed E-state index contributed by atoms with van der Waals surface area (Å²) in [5, 5.41) is 0. The number of aromatic nitrogens is 3. The molecule has 8 nitrogen and oxygen atoms in total. The second-order valence-corrected chi connectivity index (χ2v) is 7.84. The summed E-state index contributed by atoms with van der Waals surface area (Å²) in [5.74, 6) is -0.183. The number of nitrogen functional groups attached to an aromatic ring is 1. The van der Waals surface area contributed by atoms with E-state index in [0.29, 0.717) is 17.7 Å². The van der Waals surface area contributed by atoms with Crippen LogP contribution in [0.25, 0.3) is 11.4 Å². The molecule has 0 unspecified atom stereocenters. The van der Waals surface area contributed by atoms with Crippen molar-refractivity contribution < 1.29 is 14.3 Å². The van der Waals surface area contributed by atoms with E-state index in [0.717, 1.165) is 16.3 Å². The van der Waals surface area contributed by atoms with E-state index in [4.69, 9.17) is 10.5 Å². The standard InChI is InChI=1S/C19H25N5O3/c1-11(2)24-14-7-9-23(18(26)27-19(3,4)5)16(25)12(14)10-15(24)13-6-8-21-17(20)22-13/h6,8,10-11H,7,9H2,1-5H3,(H2,20,21,22). The number of hydrogen-bond donors (Lipinski definition) is 1. The van der Waals surface area contributed by atoms with E-state index in [2.05, 4.69) is 14.5 Å². The SMILES string of the molecule is CC(C)n1c(-c2ccnc(N)n2)cc2c1CCN(C(=O)OC(C)(C)C)C2=O. The quantitative estimate of drug-likeness (QED) is 0.870. The lowest BCUT2D eigenvalue weighted by Crippen LogP contribution is -2.44. The number of carbonyl (C=O) groups excluding carboxylic acids is 2. The van der Waals surface area contributed by atoms with Crippen LogP contribution in [0.15, 0.2) is 18.3 Å². The number of hydrogen-bond acceptors (Lipinski definition) is 6. The van der Waals surface area contributed by atoms with E-state index >= 15 is 0 Å². The zero-order valence-electron chi connectivity index (χ0n) is 16.3. The molecular formula is C19H25N5O3. The number of anilines is 1. The highest BCUT2D eigenvalue weighted by atomic mass is 16.6. The minimum absolute atomic E-state index is 0.112. The van der Waals surface area contributed by atoms with Crippen LogP contribution in [-0.2, 0) is 11.2 Å². The average molecular weight is 371 g/mol. The van der Waals surface area contributed by atoms with Gasteiger partial charge < -0.3 is 15.0 Å². The van der Waals surface area contributed by atoms with Crippen molar-refractivity contribution in [3.63, 3.8) is 0 Å². The van der Waals surface area contributed by atoms with Gasteiger partial charge in [0.15, 0.2) is 0 Å². The molecule has 0 aliphatic carbocycles. The first kappa shape index (κ1) is 18.9. The molecule has 0 atom stereocenters. The van der Waals surface area contributed by atoms with Crippen molar-refractivity contribution in [3.8, 4) is 11.4 Å². The largest absolute Gasteiger partial charge is 0.443 e. The van der Waals surface area contributed by atoms with Crippen LogP contribution in [0.4, 0.5) is 10.7 Å². The number of ether oxygens (including phenoxy) is 1. The summed E-state index contributed by atoms with van der Waals surface area (Å²) in [4.78, 5) is 34.8. The predicted molar refractivity (Wildman–Crippen MR) is 101 cm³/mol. The molecule has 2 aromatic heterocycles. The molecule has 3 heterocycles. The zero-order valence-corrected chi connectivity index (χ0v) is 16.3. The summed E-state index contributed by atoms with van der Waals surface area (Å²) in [6.07, 6.45) is 1.52. The zero-order chi connectivity index (χ0) is 19.9. The average Bonchev–Trinajstić information content (AvgIpc) is 2.94. The minimum atomic E-state index is -0.662. The molecule has 1 aliphatic rings. The van der Waals surface area contributed by atoms with Crippen molar-refractivity contribution in [2.75, 3.05) is 12.3 Å². The van der Waals surface area contributed by atoms with Crippen LogP contribution in [0, 0.1) is 0 Å². The van der Waals surface area contributed by atoms with Gasteiger partial charge in [-0.05, 0) is 46.8 Å². The number of fused-ring (bicyclic) bond motifs is 1. The third-order valence-corrected chi connectivity index (χ3v) is 4.26. The Morgan fingerprint density at radius 2 is 2.04 bits per heavy atom. The molecular weight excluding hydrogens is 346 g/mol. The van der Waals surface area contributed by atoms with E-state index in [1.54, 1.807) is 39.1 Å². The fraction of sp³-hybridized carbons (Fsp3) is 0.474. The van der Waals surface area contributed by atoms with Crippen LogP contribution in [0.2, 0.25) is 0 Å². The first-order valence-corrected chi connectivity index (χ1v) is 8.96. The van der Waals surface area contributed by atoms with Gasteiger partial charge in [-0.1, -0.05) is 0 Å². The highest BCUT2D eigenvalue weighted by Gasteiger charge is 2.35. The molecule has 0 aromatic carbocycles. The Labute approximate surface area is 158 Å². The van der Waals surface area contributed by atoms with Crippen molar-refractivity contribution in [2.24, 2.45) is 0 Å². The Bertz CT molecular complexity index is 895. The molecule has 144 valence electrons. The normalized spacial score (nSPS) is 14.4.